The Morgan fingerprint density at radius 2 is 2.14 bits per heavy atom. The predicted molar refractivity (Wildman–Crippen MR) is 59.6 cm³/mol. The molecule has 1 rings (SSSR count). The molecule has 0 amide bonds. The maximum atomic E-state index is 8.75. The predicted octanol–water partition coefficient (Wildman–Crippen LogP) is 2.07. The van der Waals surface area contributed by atoms with E-state index in [4.69, 9.17) is 16.7 Å². The number of nitrogens with zero attached hydrogens (tertiary/aromatic N) is 1. The molecule has 14 heavy (non-hydrogen) atoms. The van der Waals surface area contributed by atoms with E-state index in [2.05, 4.69) is 0 Å². The zero-order valence-corrected chi connectivity index (χ0v) is 9.38. The molecule has 0 aliphatic rings. The summed E-state index contributed by atoms with van der Waals surface area (Å²) in [4.78, 5) is 2.04. The van der Waals surface area contributed by atoms with Crippen molar-refractivity contribution in [1.82, 2.24) is 4.90 Å². The number of halogens is 1. The van der Waals surface area contributed by atoms with Crippen molar-refractivity contribution in [2.75, 3.05) is 20.2 Å². The van der Waals surface area contributed by atoms with E-state index in [0.29, 0.717) is 6.54 Å². The number of hydrogen-bond acceptors (Lipinski definition) is 2. The third kappa shape index (κ3) is 3.29. The van der Waals surface area contributed by atoms with Crippen molar-refractivity contribution in [1.29, 1.82) is 0 Å². The molecule has 0 fully saturated rings. The van der Waals surface area contributed by atoms with Gasteiger partial charge < -0.3 is 5.11 Å². The van der Waals surface area contributed by atoms with Gasteiger partial charge in [0.25, 0.3) is 0 Å². The molecule has 0 saturated carbocycles. The van der Waals surface area contributed by atoms with Crippen LogP contribution < -0.4 is 0 Å². The lowest BCUT2D eigenvalue weighted by atomic mass is 10.1. The highest BCUT2D eigenvalue weighted by Crippen LogP contribution is 2.18. The molecule has 1 N–H and O–H groups in total. The Balaban J connectivity index is 2.67. The fraction of sp³-hybridized carbons (Fsp3) is 0.455. The fourth-order valence-electron chi connectivity index (χ4n) is 1.32. The molecule has 0 saturated heterocycles. The van der Waals surface area contributed by atoms with Gasteiger partial charge in [0.1, 0.15) is 0 Å². The minimum Gasteiger partial charge on any atom is -0.395 e. The van der Waals surface area contributed by atoms with Crippen molar-refractivity contribution in [3.63, 3.8) is 0 Å². The number of hydrogen-bond donors (Lipinski definition) is 1. The first kappa shape index (κ1) is 11.5. The van der Waals surface area contributed by atoms with Crippen LogP contribution in [-0.4, -0.2) is 30.2 Å². The molecule has 0 spiro atoms. The zero-order valence-electron chi connectivity index (χ0n) is 8.63. The zero-order chi connectivity index (χ0) is 10.6. The van der Waals surface area contributed by atoms with Crippen LogP contribution in [0.15, 0.2) is 18.2 Å². The first-order chi connectivity index (χ1) is 6.63. The van der Waals surface area contributed by atoms with Gasteiger partial charge in [-0.25, -0.2) is 0 Å². The van der Waals surface area contributed by atoms with Crippen LogP contribution in [0.3, 0.4) is 0 Å². The number of benzene rings is 1. The second-order valence-electron chi connectivity index (χ2n) is 3.56. The molecule has 3 heteroatoms. The first-order valence-electron chi connectivity index (χ1n) is 4.68. The minimum absolute atomic E-state index is 0.181. The van der Waals surface area contributed by atoms with Crippen molar-refractivity contribution in [2.45, 2.75) is 13.5 Å². The summed E-state index contributed by atoms with van der Waals surface area (Å²) in [6.07, 6.45) is 0. The Morgan fingerprint density at radius 3 is 2.71 bits per heavy atom. The van der Waals surface area contributed by atoms with Crippen molar-refractivity contribution in [2.24, 2.45) is 0 Å². The van der Waals surface area contributed by atoms with Gasteiger partial charge in [-0.3, -0.25) is 4.90 Å². The Labute approximate surface area is 90.1 Å². The molecule has 0 heterocycles. The second kappa shape index (κ2) is 5.35. The lowest BCUT2D eigenvalue weighted by Gasteiger charge is -2.16. The van der Waals surface area contributed by atoms with E-state index in [1.807, 2.05) is 37.1 Å². The second-order valence-corrected chi connectivity index (χ2v) is 3.96. The number of likely N-dealkylation sites (N-methyl/N-ethyl adjacent to an activating group) is 1. The SMILES string of the molecule is Cc1ccc(CN(C)CCO)c(Cl)c1. The van der Waals surface area contributed by atoms with Crippen molar-refractivity contribution >= 4 is 11.6 Å². The highest BCUT2D eigenvalue weighted by molar-refractivity contribution is 6.31. The third-order valence-electron chi connectivity index (χ3n) is 2.13. The number of aliphatic hydroxyl groups is 1. The van der Waals surface area contributed by atoms with Gasteiger partial charge in [-0.15, -0.1) is 0 Å². The summed E-state index contributed by atoms with van der Waals surface area (Å²) in [5.74, 6) is 0. The normalized spacial score (nSPS) is 10.9. The minimum atomic E-state index is 0.181. The van der Waals surface area contributed by atoms with E-state index in [1.54, 1.807) is 0 Å². The molecule has 1 aromatic carbocycles. The molecule has 2 nitrogen and oxygen atoms in total. The average molecular weight is 214 g/mol. The lowest BCUT2D eigenvalue weighted by molar-refractivity contribution is 0.217. The molecule has 0 unspecified atom stereocenters. The molecule has 0 atom stereocenters. The number of aliphatic hydroxyl groups excluding tert-OH is 1. The third-order valence-corrected chi connectivity index (χ3v) is 2.48. The van der Waals surface area contributed by atoms with E-state index in [9.17, 15) is 0 Å². The van der Waals surface area contributed by atoms with Crippen LogP contribution in [0, 0.1) is 6.92 Å². The van der Waals surface area contributed by atoms with Gasteiger partial charge in [-0.1, -0.05) is 23.7 Å². The van der Waals surface area contributed by atoms with Gasteiger partial charge >= 0.3 is 0 Å². The topological polar surface area (TPSA) is 23.5 Å². The fourth-order valence-corrected chi connectivity index (χ4v) is 1.62. The Bertz CT molecular complexity index is 301. The molecule has 0 aliphatic carbocycles. The van der Waals surface area contributed by atoms with E-state index in [1.165, 1.54) is 5.56 Å². The van der Waals surface area contributed by atoms with E-state index < -0.39 is 0 Å². The highest BCUT2D eigenvalue weighted by Gasteiger charge is 2.03. The Kier molecular flexibility index (Phi) is 4.39. The van der Waals surface area contributed by atoms with Crippen LogP contribution in [0.4, 0.5) is 0 Å². The largest absolute Gasteiger partial charge is 0.395 e. The summed E-state index contributed by atoms with van der Waals surface area (Å²) in [6, 6.07) is 6.04. The quantitative estimate of drug-likeness (QED) is 0.828. The Hall–Kier alpha value is -0.570. The molecule has 78 valence electrons. The van der Waals surface area contributed by atoms with Crippen LogP contribution in [0.25, 0.3) is 0 Å². The van der Waals surface area contributed by atoms with Gasteiger partial charge in [-0.2, -0.15) is 0 Å². The maximum absolute atomic E-state index is 8.75. The van der Waals surface area contributed by atoms with E-state index in [0.717, 1.165) is 17.1 Å². The van der Waals surface area contributed by atoms with Crippen LogP contribution in [0.5, 0.6) is 0 Å². The van der Waals surface area contributed by atoms with Crippen LogP contribution >= 0.6 is 11.6 Å². The standard InChI is InChI=1S/C11H16ClNO/c1-9-3-4-10(11(12)7-9)8-13(2)5-6-14/h3-4,7,14H,5-6,8H2,1-2H3. The summed E-state index contributed by atoms with van der Waals surface area (Å²) < 4.78 is 0. The molecule has 0 bridgehead atoms. The molecular formula is C11H16ClNO. The van der Waals surface area contributed by atoms with Gasteiger partial charge in [0, 0.05) is 18.1 Å². The molecule has 0 aromatic heterocycles. The van der Waals surface area contributed by atoms with E-state index >= 15 is 0 Å². The highest BCUT2D eigenvalue weighted by atomic mass is 35.5. The van der Waals surface area contributed by atoms with Crippen LogP contribution in [-0.2, 0) is 6.54 Å². The summed E-state index contributed by atoms with van der Waals surface area (Å²) in [6.45, 7) is 3.65. The van der Waals surface area contributed by atoms with Crippen molar-refractivity contribution in [3.8, 4) is 0 Å². The van der Waals surface area contributed by atoms with Crippen LogP contribution in [0.2, 0.25) is 5.02 Å². The summed E-state index contributed by atoms with van der Waals surface area (Å²) in [5, 5.41) is 9.55. The van der Waals surface area contributed by atoms with Gasteiger partial charge in [0.05, 0.1) is 6.61 Å². The van der Waals surface area contributed by atoms with Gasteiger partial charge in [0.2, 0.25) is 0 Å². The maximum Gasteiger partial charge on any atom is 0.0558 e. The van der Waals surface area contributed by atoms with Crippen molar-refractivity contribution in [3.05, 3.63) is 34.3 Å². The number of rotatable bonds is 4. The summed E-state index contributed by atoms with van der Waals surface area (Å²) >= 11 is 6.08. The Morgan fingerprint density at radius 1 is 1.43 bits per heavy atom. The molecular weight excluding hydrogens is 198 g/mol. The molecule has 0 radical (unpaired) electrons. The molecule has 1 aromatic rings. The number of aryl methyl sites for hydroxylation is 1. The van der Waals surface area contributed by atoms with Gasteiger partial charge in [-0.05, 0) is 31.2 Å². The lowest BCUT2D eigenvalue weighted by Crippen LogP contribution is -2.21. The summed E-state index contributed by atoms with van der Waals surface area (Å²) in [7, 11) is 1.96. The average Bonchev–Trinajstić information content (AvgIpc) is 2.10. The van der Waals surface area contributed by atoms with Crippen LogP contribution in [0.1, 0.15) is 11.1 Å². The van der Waals surface area contributed by atoms with Gasteiger partial charge in [0.15, 0.2) is 0 Å². The first-order valence-corrected chi connectivity index (χ1v) is 5.05. The summed E-state index contributed by atoms with van der Waals surface area (Å²) in [5.41, 5.74) is 2.27. The monoisotopic (exact) mass is 213 g/mol. The molecule has 0 aliphatic heterocycles. The van der Waals surface area contributed by atoms with E-state index in [-0.39, 0.29) is 6.61 Å². The van der Waals surface area contributed by atoms with Crippen molar-refractivity contribution < 1.29 is 5.11 Å². The smallest absolute Gasteiger partial charge is 0.0558 e.